The van der Waals surface area contributed by atoms with Crippen molar-refractivity contribution >= 4 is 29.1 Å². The predicted octanol–water partition coefficient (Wildman–Crippen LogP) is 3.96. The van der Waals surface area contributed by atoms with Crippen LogP contribution in [0.2, 0.25) is 10.0 Å². The van der Waals surface area contributed by atoms with Crippen LogP contribution in [-0.4, -0.2) is 34.9 Å². The van der Waals surface area contributed by atoms with Gasteiger partial charge in [0.2, 0.25) is 0 Å². The quantitative estimate of drug-likeness (QED) is 0.688. The summed E-state index contributed by atoms with van der Waals surface area (Å²) < 4.78 is 11.4. The Morgan fingerprint density at radius 3 is 2.36 bits per heavy atom. The van der Waals surface area contributed by atoms with Crippen LogP contribution >= 0.6 is 23.2 Å². The van der Waals surface area contributed by atoms with E-state index in [-0.39, 0.29) is 16.6 Å². The number of hydrogen-bond donors (Lipinski definition) is 0. The van der Waals surface area contributed by atoms with Gasteiger partial charge in [0.05, 0.1) is 24.8 Å². The predicted molar refractivity (Wildman–Crippen MR) is 94.8 cm³/mol. The molecule has 0 saturated heterocycles. The molecule has 1 heterocycles. The Bertz CT molecular complexity index is 923. The molecule has 3 aromatic rings. The van der Waals surface area contributed by atoms with Crippen LogP contribution in [0, 0.1) is 0 Å². The minimum Gasteiger partial charge on any atom is -0.497 e. The average Bonchev–Trinajstić information content (AvgIpc) is 3.06. The monoisotopic (exact) mass is 377 g/mol. The standard InChI is InChI=1S/C17H13Cl2N3O3/c1-24-12-6-3-10(4-7-12)15-20-17(25-2)21-22(15)16(23)13-8-5-11(18)9-14(13)19/h3-9H,1-2H3. The molecule has 0 saturated carbocycles. The number of aromatic nitrogens is 3. The third kappa shape index (κ3) is 3.45. The molecule has 0 aliphatic heterocycles. The maximum Gasteiger partial charge on any atom is 0.336 e. The number of methoxy groups -OCH3 is 2. The smallest absolute Gasteiger partial charge is 0.336 e. The van der Waals surface area contributed by atoms with E-state index in [2.05, 4.69) is 10.1 Å². The van der Waals surface area contributed by atoms with Crippen LogP contribution in [-0.2, 0) is 0 Å². The van der Waals surface area contributed by atoms with Gasteiger partial charge in [0.25, 0.3) is 5.91 Å². The maximum atomic E-state index is 12.9. The fourth-order valence-corrected chi connectivity index (χ4v) is 2.71. The van der Waals surface area contributed by atoms with E-state index in [0.29, 0.717) is 22.2 Å². The molecule has 6 nitrogen and oxygen atoms in total. The fraction of sp³-hybridized carbons (Fsp3) is 0.118. The van der Waals surface area contributed by atoms with E-state index in [1.807, 2.05) is 0 Å². The Hall–Kier alpha value is -2.57. The molecule has 0 spiro atoms. The van der Waals surface area contributed by atoms with Crippen LogP contribution < -0.4 is 9.47 Å². The molecule has 0 atom stereocenters. The van der Waals surface area contributed by atoms with Gasteiger partial charge in [-0.15, -0.1) is 5.10 Å². The molecule has 0 unspecified atom stereocenters. The number of ether oxygens (including phenoxy) is 2. The van der Waals surface area contributed by atoms with Crippen LogP contribution in [0.3, 0.4) is 0 Å². The zero-order chi connectivity index (χ0) is 18.0. The fourth-order valence-electron chi connectivity index (χ4n) is 2.23. The molecule has 0 bridgehead atoms. The Kier molecular flexibility index (Phi) is 4.92. The maximum absolute atomic E-state index is 12.9. The van der Waals surface area contributed by atoms with E-state index in [0.717, 1.165) is 4.68 Å². The first-order valence-corrected chi connectivity index (χ1v) is 7.94. The molecular weight excluding hydrogens is 365 g/mol. The lowest BCUT2D eigenvalue weighted by molar-refractivity contribution is 0.0945. The van der Waals surface area contributed by atoms with E-state index in [4.69, 9.17) is 32.7 Å². The summed E-state index contributed by atoms with van der Waals surface area (Å²) in [5, 5.41) is 4.77. The molecular formula is C17H13Cl2N3O3. The van der Waals surface area contributed by atoms with Crippen molar-refractivity contribution in [1.29, 1.82) is 0 Å². The van der Waals surface area contributed by atoms with Crippen molar-refractivity contribution in [2.24, 2.45) is 0 Å². The number of carbonyl (C=O) groups excluding carboxylic acids is 1. The number of nitrogens with zero attached hydrogens (tertiary/aromatic N) is 3. The summed E-state index contributed by atoms with van der Waals surface area (Å²) in [7, 11) is 3.00. The highest BCUT2D eigenvalue weighted by atomic mass is 35.5. The first-order chi connectivity index (χ1) is 12.0. The first-order valence-electron chi connectivity index (χ1n) is 7.18. The van der Waals surface area contributed by atoms with Crippen molar-refractivity contribution in [3.05, 3.63) is 58.1 Å². The lowest BCUT2D eigenvalue weighted by Gasteiger charge is -2.07. The SMILES string of the molecule is COc1ccc(-c2nc(OC)nn2C(=O)c2ccc(Cl)cc2Cl)cc1. The summed E-state index contributed by atoms with van der Waals surface area (Å²) in [6, 6.07) is 11.8. The van der Waals surface area contributed by atoms with Gasteiger partial charge >= 0.3 is 6.01 Å². The van der Waals surface area contributed by atoms with Crippen molar-refractivity contribution in [1.82, 2.24) is 14.8 Å². The van der Waals surface area contributed by atoms with Gasteiger partial charge in [-0.05, 0) is 42.5 Å². The second-order valence-corrected chi connectivity index (χ2v) is 5.84. The first kappa shape index (κ1) is 17.3. The minimum atomic E-state index is -0.441. The summed E-state index contributed by atoms with van der Waals surface area (Å²) in [6.45, 7) is 0. The third-order valence-corrected chi connectivity index (χ3v) is 4.02. The topological polar surface area (TPSA) is 66.2 Å². The van der Waals surface area contributed by atoms with Crippen molar-refractivity contribution < 1.29 is 14.3 Å². The van der Waals surface area contributed by atoms with Crippen molar-refractivity contribution in [3.63, 3.8) is 0 Å². The molecule has 0 fully saturated rings. The molecule has 8 heteroatoms. The van der Waals surface area contributed by atoms with Gasteiger partial charge in [0.15, 0.2) is 5.82 Å². The van der Waals surface area contributed by atoms with Crippen molar-refractivity contribution in [2.45, 2.75) is 0 Å². The average molecular weight is 378 g/mol. The second-order valence-electron chi connectivity index (χ2n) is 4.99. The summed E-state index contributed by atoms with van der Waals surface area (Å²) in [5.74, 6) is 0.577. The molecule has 3 rings (SSSR count). The van der Waals surface area contributed by atoms with Crippen LogP contribution in [0.1, 0.15) is 10.4 Å². The molecule has 2 aromatic carbocycles. The zero-order valence-corrected chi connectivity index (χ0v) is 14.9. The third-order valence-electron chi connectivity index (χ3n) is 3.47. The normalized spacial score (nSPS) is 10.6. The Morgan fingerprint density at radius 2 is 1.76 bits per heavy atom. The van der Waals surface area contributed by atoms with Gasteiger partial charge in [-0.3, -0.25) is 4.79 Å². The zero-order valence-electron chi connectivity index (χ0n) is 13.4. The molecule has 128 valence electrons. The number of carbonyl (C=O) groups is 1. The van der Waals surface area contributed by atoms with Gasteiger partial charge in [0, 0.05) is 10.6 Å². The van der Waals surface area contributed by atoms with Gasteiger partial charge in [-0.25, -0.2) is 0 Å². The van der Waals surface area contributed by atoms with Crippen LogP contribution in [0.4, 0.5) is 0 Å². The summed E-state index contributed by atoms with van der Waals surface area (Å²) in [5.41, 5.74) is 0.934. The van der Waals surface area contributed by atoms with Gasteiger partial charge in [0.1, 0.15) is 5.75 Å². The van der Waals surface area contributed by atoms with Crippen LogP contribution in [0.15, 0.2) is 42.5 Å². The summed E-state index contributed by atoms with van der Waals surface area (Å²) in [6.07, 6.45) is 0. The summed E-state index contributed by atoms with van der Waals surface area (Å²) >= 11 is 12.0. The molecule has 0 amide bonds. The second kappa shape index (κ2) is 7.13. The minimum absolute atomic E-state index is 0.0734. The highest BCUT2D eigenvalue weighted by molar-refractivity contribution is 6.36. The molecule has 0 aliphatic rings. The highest BCUT2D eigenvalue weighted by Crippen LogP contribution is 2.26. The van der Waals surface area contributed by atoms with Crippen molar-refractivity contribution in [2.75, 3.05) is 14.2 Å². The van der Waals surface area contributed by atoms with Gasteiger partial charge in [-0.1, -0.05) is 23.2 Å². The highest BCUT2D eigenvalue weighted by Gasteiger charge is 2.21. The van der Waals surface area contributed by atoms with E-state index >= 15 is 0 Å². The lowest BCUT2D eigenvalue weighted by atomic mass is 10.2. The molecule has 0 N–H and O–H groups in total. The Labute approximate surface area is 153 Å². The van der Waals surface area contributed by atoms with E-state index in [1.54, 1.807) is 43.5 Å². The summed E-state index contributed by atoms with van der Waals surface area (Å²) in [4.78, 5) is 17.1. The number of halogens is 2. The number of hydrogen-bond acceptors (Lipinski definition) is 5. The van der Waals surface area contributed by atoms with E-state index in [9.17, 15) is 4.79 Å². The lowest BCUT2D eigenvalue weighted by Crippen LogP contribution is -2.15. The van der Waals surface area contributed by atoms with Crippen LogP contribution in [0.25, 0.3) is 11.4 Å². The molecule has 0 radical (unpaired) electrons. The van der Waals surface area contributed by atoms with Gasteiger partial charge in [-0.2, -0.15) is 9.67 Å². The van der Waals surface area contributed by atoms with E-state index < -0.39 is 5.91 Å². The van der Waals surface area contributed by atoms with Crippen LogP contribution in [0.5, 0.6) is 11.8 Å². The Morgan fingerprint density at radius 1 is 1.04 bits per heavy atom. The Balaban J connectivity index is 2.08. The van der Waals surface area contributed by atoms with Gasteiger partial charge < -0.3 is 9.47 Å². The molecule has 0 aliphatic carbocycles. The number of benzene rings is 2. The number of rotatable bonds is 4. The largest absolute Gasteiger partial charge is 0.497 e. The molecule has 25 heavy (non-hydrogen) atoms. The van der Waals surface area contributed by atoms with E-state index in [1.165, 1.54) is 13.2 Å². The van der Waals surface area contributed by atoms with Crippen molar-refractivity contribution in [3.8, 4) is 23.1 Å². The molecule has 1 aromatic heterocycles.